The second-order valence-corrected chi connectivity index (χ2v) is 4.68. The number of nitrogens with zero attached hydrogens (tertiary/aromatic N) is 1. The molecule has 0 atom stereocenters. The molecule has 4 nitrogen and oxygen atoms in total. The highest BCUT2D eigenvalue weighted by Gasteiger charge is 2.15. The van der Waals surface area contributed by atoms with Gasteiger partial charge in [0.1, 0.15) is 0 Å². The monoisotopic (exact) mass is 248 g/mol. The second-order valence-electron chi connectivity index (χ2n) is 4.68. The lowest BCUT2D eigenvalue weighted by Gasteiger charge is -2.17. The molecule has 1 aliphatic carbocycles. The van der Waals surface area contributed by atoms with Crippen molar-refractivity contribution < 1.29 is 5.11 Å². The molecule has 1 heterocycles. The van der Waals surface area contributed by atoms with Crippen LogP contribution in [0.15, 0.2) is 21.9 Å². The van der Waals surface area contributed by atoms with Crippen molar-refractivity contribution in [3.8, 4) is 0 Å². The van der Waals surface area contributed by atoms with Crippen LogP contribution in [-0.2, 0) is 6.42 Å². The summed E-state index contributed by atoms with van der Waals surface area (Å²) in [5, 5.41) is 8.70. The first-order valence-electron chi connectivity index (χ1n) is 6.68. The highest BCUT2D eigenvalue weighted by Crippen LogP contribution is 2.18. The fourth-order valence-corrected chi connectivity index (χ4v) is 2.33. The standard InChI is InChI=1S/C14H20N2O2/c17-10-3-1-2-9-15-12-5-4-6-13-11(12)7-8-14(18)16-13/h7-8,17H,1-6,9-10H2,(H,16,18). The topological polar surface area (TPSA) is 65.5 Å². The Labute approximate surface area is 107 Å². The Morgan fingerprint density at radius 1 is 1.22 bits per heavy atom. The largest absolute Gasteiger partial charge is 0.396 e. The molecule has 1 aromatic rings. The summed E-state index contributed by atoms with van der Waals surface area (Å²) in [6.07, 6.45) is 5.89. The fraction of sp³-hybridized carbons (Fsp3) is 0.571. The number of nitrogens with one attached hydrogen (secondary N) is 1. The van der Waals surface area contributed by atoms with Crippen molar-refractivity contribution in [1.82, 2.24) is 4.98 Å². The van der Waals surface area contributed by atoms with Crippen LogP contribution in [-0.4, -0.2) is 29.0 Å². The van der Waals surface area contributed by atoms with Gasteiger partial charge in [-0.1, -0.05) is 0 Å². The molecular formula is C14H20N2O2. The van der Waals surface area contributed by atoms with Gasteiger partial charge in [-0.3, -0.25) is 9.79 Å². The first-order chi connectivity index (χ1) is 8.81. The number of hydrogen-bond donors (Lipinski definition) is 2. The van der Waals surface area contributed by atoms with E-state index in [0.717, 1.165) is 62.0 Å². The van der Waals surface area contributed by atoms with Crippen molar-refractivity contribution >= 4 is 5.71 Å². The van der Waals surface area contributed by atoms with Gasteiger partial charge in [0.15, 0.2) is 0 Å². The third-order valence-electron chi connectivity index (χ3n) is 3.27. The predicted octanol–water partition coefficient (Wildman–Crippen LogP) is 1.66. The zero-order chi connectivity index (χ0) is 12.8. The number of aliphatic hydroxyl groups excluding tert-OH is 1. The lowest BCUT2D eigenvalue weighted by molar-refractivity contribution is 0.283. The van der Waals surface area contributed by atoms with E-state index in [9.17, 15) is 4.79 Å². The molecule has 4 heteroatoms. The Kier molecular flexibility index (Phi) is 4.70. The molecule has 0 aromatic carbocycles. The minimum absolute atomic E-state index is 0.0297. The summed E-state index contributed by atoms with van der Waals surface area (Å²) >= 11 is 0. The first-order valence-corrected chi connectivity index (χ1v) is 6.68. The molecular weight excluding hydrogens is 228 g/mol. The van der Waals surface area contributed by atoms with Gasteiger partial charge in [-0.25, -0.2) is 0 Å². The number of aryl methyl sites for hydroxylation is 1. The molecule has 0 saturated heterocycles. The summed E-state index contributed by atoms with van der Waals surface area (Å²) in [6.45, 7) is 1.08. The summed E-state index contributed by atoms with van der Waals surface area (Å²) < 4.78 is 0. The van der Waals surface area contributed by atoms with Crippen LogP contribution in [0, 0.1) is 0 Å². The first kappa shape index (κ1) is 13.0. The van der Waals surface area contributed by atoms with Crippen molar-refractivity contribution in [3.05, 3.63) is 33.7 Å². The minimum Gasteiger partial charge on any atom is -0.396 e. The number of H-pyrrole nitrogens is 1. The van der Waals surface area contributed by atoms with E-state index in [4.69, 9.17) is 5.11 Å². The highest BCUT2D eigenvalue weighted by molar-refractivity contribution is 6.02. The van der Waals surface area contributed by atoms with E-state index in [0.29, 0.717) is 0 Å². The zero-order valence-corrected chi connectivity index (χ0v) is 10.6. The summed E-state index contributed by atoms with van der Waals surface area (Å²) in [7, 11) is 0. The summed E-state index contributed by atoms with van der Waals surface area (Å²) in [4.78, 5) is 18.8. The Morgan fingerprint density at radius 3 is 2.94 bits per heavy atom. The number of fused-ring (bicyclic) bond motifs is 1. The molecule has 1 aromatic heterocycles. The molecule has 2 rings (SSSR count). The van der Waals surface area contributed by atoms with E-state index in [-0.39, 0.29) is 12.2 Å². The third kappa shape index (κ3) is 3.29. The lowest BCUT2D eigenvalue weighted by atomic mass is 9.94. The maximum atomic E-state index is 11.3. The van der Waals surface area contributed by atoms with Gasteiger partial charge in [0.2, 0.25) is 5.56 Å². The third-order valence-corrected chi connectivity index (χ3v) is 3.27. The van der Waals surface area contributed by atoms with Crippen molar-refractivity contribution in [2.75, 3.05) is 13.2 Å². The Bertz CT molecular complexity index is 477. The van der Waals surface area contributed by atoms with Crippen LogP contribution < -0.4 is 5.56 Å². The molecule has 0 bridgehead atoms. The maximum Gasteiger partial charge on any atom is 0.248 e. The second kappa shape index (κ2) is 6.50. The molecule has 0 amide bonds. The number of aliphatic imine (C=N–C) groups is 1. The van der Waals surface area contributed by atoms with Crippen molar-refractivity contribution in [2.45, 2.75) is 38.5 Å². The van der Waals surface area contributed by atoms with Gasteiger partial charge in [-0.2, -0.15) is 0 Å². The van der Waals surface area contributed by atoms with E-state index in [1.807, 2.05) is 6.07 Å². The number of hydrogen-bond acceptors (Lipinski definition) is 3. The average Bonchev–Trinajstić information content (AvgIpc) is 2.38. The Morgan fingerprint density at radius 2 is 2.11 bits per heavy atom. The van der Waals surface area contributed by atoms with Crippen LogP contribution >= 0.6 is 0 Å². The van der Waals surface area contributed by atoms with E-state index in [1.165, 1.54) is 0 Å². The SMILES string of the molecule is O=c1ccc2c([nH]1)CCCC2=NCCCCCO. The van der Waals surface area contributed by atoms with E-state index in [2.05, 4.69) is 9.98 Å². The van der Waals surface area contributed by atoms with Crippen LogP contribution in [0.2, 0.25) is 0 Å². The quantitative estimate of drug-likeness (QED) is 0.778. The van der Waals surface area contributed by atoms with E-state index >= 15 is 0 Å². The molecule has 0 spiro atoms. The number of aromatic nitrogens is 1. The summed E-state index contributed by atoms with van der Waals surface area (Å²) in [5.41, 5.74) is 3.24. The number of rotatable bonds is 5. The van der Waals surface area contributed by atoms with Crippen LogP contribution in [0.3, 0.4) is 0 Å². The van der Waals surface area contributed by atoms with Gasteiger partial charge in [-0.15, -0.1) is 0 Å². The summed E-state index contributed by atoms with van der Waals surface area (Å²) in [6, 6.07) is 3.46. The Balaban J connectivity index is 2.03. The highest BCUT2D eigenvalue weighted by atomic mass is 16.2. The van der Waals surface area contributed by atoms with Crippen molar-refractivity contribution in [3.63, 3.8) is 0 Å². The maximum absolute atomic E-state index is 11.3. The molecule has 0 saturated carbocycles. The van der Waals surface area contributed by atoms with Crippen molar-refractivity contribution in [1.29, 1.82) is 0 Å². The lowest BCUT2D eigenvalue weighted by Crippen LogP contribution is -2.18. The van der Waals surface area contributed by atoms with Gasteiger partial charge in [0.05, 0.1) is 0 Å². The number of aliphatic hydroxyl groups is 1. The fourth-order valence-electron chi connectivity index (χ4n) is 2.33. The Hall–Kier alpha value is -1.42. The van der Waals surface area contributed by atoms with Crippen molar-refractivity contribution in [2.24, 2.45) is 4.99 Å². The van der Waals surface area contributed by atoms with Gasteiger partial charge in [0, 0.05) is 36.2 Å². The van der Waals surface area contributed by atoms with Gasteiger partial charge in [0.25, 0.3) is 0 Å². The molecule has 1 aliphatic rings. The summed E-state index contributed by atoms with van der Waals surface area (Å²) in [5.74, 6) is 0. The van der Waals surface area contributed by atoms with E-state index < -0.39 is 0 Å². The molecule has 0 unspecified atom stereocenters. The molecule has 0 fully saturated rings. The van der Waals surface area contributed by atoms with Crippen LogP contribution in [0.1, 0.15) is 43.4 Å². The van der Waals surface area contributed by atoms with Crippen LogP contribution in [0.25, 0.3) is 0 Å². The van der Waals surface area contributed by atoms with Gasteiger partial charge < -0.3 is 10.1 Å². The number of aromatic amines is 1. The molecule has 0 radical (unpaired) electrons. The van der Waals surface area contributed by atoms with Crippen LogP contribution in [0.4, 0.5) is 0 Å². The normalized spacial score (nSPS) is 16.8. The number of pyridine rings is 1. The molecule has 0 aliphatic heterocycles. The van der Waals surface area contributed by atoms with E-state index in [1.54, 1.807) is 6.07 Å². The average molecular weight is 248 g/mol. The van der Waals surface area contributed by atoms with Gasteiger partial charge >= 0.3 is 0 Å². The number of unbranched alkanes of at least 4 members (excludes halogenated alkanes) is 2. The molecule has 18 heavy (non-hydrogen) atoms. The minimum atomic E-state index is -0.0297. The zero-order valence-electron chi connectivity index (χ0n) is 10.6. The molecule has 2 N–H and O–H groups in total. The smallest absolute Gasteiger partial charge is 0.248 e. The molecule has 98 valence electrons. The van der Waals surface area contributed by atoms with Crippen LogP contribution in [0.5, 0.6) is 0 Å². The predicted molar refractivity (Wildman–Crippen MR) is 72.3 cm³/mol. The van der Waals surface area contributed by atoms with Gasteiger partial charge in [-0.05, 0) is 44.6 Å².